The quantitative estimate of drug-likeness (QED) is 0.561. The fraction of sp³-hybridized carbons (Fsp3) is 1.00. The molecule has 0 aliphatic heterocycles. The molecule has 0 radical (unpaired) electrons. The van der Waals surface area contributed by atoms with Crippen LogP contribution in [0.1, 0.15) is 25.7 Å². The third kappa shape index (κ3) is 1.05. The second kappa shape index (κ2) is 2.54. The van der Waals surface area contributed by atoms with Gasteiger partial charge in [-0.2, -0.15) is 0 Å². The van der Waals surface area contributed by atoms with Gasteiger partial charge in [0.1, 0.15) is 0 Å². The van der Waals surface area contributed by atoms with E-state index >= 15 is 0 Å². The maximum Gasteiger partial charge on any atom is 0.0447 e. The summed E-state index contributed by atoms with van der Waals surface area (Å²) in [5.74, 6) is 1.72. The molecular formula is C7H11Cl2N. The Balaban J connectivity index is 2.02. The van der Waals surface area contributed by atoms with Gasteiger partial charge in [0.15, 0.2) is 0 Å². The summed E-state index contributed by atoms with van der Waals surface area (Å²) >= 11 is 11.4. The second-order valence-corrected chi connectivity index (χ2v) is 4.40. The predicted molar refractivity (Wildman–Crippen MR) is 42.8 cm³/mol. The van der Waals surface area contributed by atoms with Gasteiger partial charge >= 0.3 is 0 Å². The minimum absolute atomic E-state index is 0.460. The van der Waals surface area contributed by atoms with E-state index in [1.54, 1.807) is 0 Å². The first-order valence-electron chi connectivity index (χ1n) is 3.88. The number of hydrogen-bond donors (Lipinski definition) is 0. The third-order valence-corrected chi connectivity index (χ3v) is 3.45. The van der Waals surface area contributed by atoms with Crippen LogP contribution in [-0.4, -0.2) is 9.98 Å². The summed E-state index contributed by atoms with van der Waals surface area (Å²) in [5, 5.41) is 0. The summed E-state index contributed by atoms with van der Waals surface area (Å²) in [6.45, 7) is 0. The number of hydrogen-bond acceptors (Lipinski definition) is 1. The van der Waals surface area contributed by atoms with Crippen molar-refractivity contribution in [2.24, 2.45) is 11.8 Å². The van der Waals surface area contributed by atoms with Crippen molar-refractivity contribution in [1.82, 2.24) is 3.94 Å². The van der Waals surface area contributed by atoms with E-state index in [4.69, 9.17) is 23.6 Å². The van der Waals surface area contributed by atoms with E-state index in [-0.39, 0.29) is 0 Å². The van der Waals surface area contributed by atoms with Gasteiger partial charge in [0.25, 0.3) is 0 Å². The molecule has 0 aromatic carbocycles. The van der Waals surface area contributed by atoms with Crippen LogP contribution in [-0.2, 0) is 0 Å². The van der Waals surface area contributed by atoms with Gasteiger partial charge in [-0.25, -0.2) is 0 Å². The van der Waals surface area contributed by atoms with E-state index in [1.165, 1.54) is 29.6 Å². The summed E-state index contributed by atoms with van der Waals surface area (Å²) < 4.78 is 1.36. The van der Waals surface area contributed by atoms with Crippen molar-refractivity contribution in [2.45, 2.75) is 31.7 Å². The molecule has 0 N–H and O–H groups in total. The Bertz CT molecular complexity index is 138. The van der Waals surface area contributed by atoms with Crippen molar-refractivity contribution in [3.05, 3.63) is 0 Å². The van der Waals surface area contributed by atoms with Crippen LogP contribution in [0.25, 0.3) is 0 Å². The molecule has 2 aliphatic rings. The largest absolute Gasteiger partial charge is 0.128 e. The Hall–Kier alpha value is 0.540. The zero-order chi connectivity index (χ0) is 7.14. The van der Waals surface area contributed by atoms with Crippen molar-refractivity contribution in [2.75, 3.05) is 0 Å². The molecule has 1 nitrogen and oxygen atoms in total. The van der Waals surface area contributed by atoms with Gasteiger partial charge in [0, 0.05) is 6.04 Å². The Kier molecular flexibility index (Phi) is 1.83. The molecule has 2 rings (SSSR count). The number of fused-ring (bicyclic) bond motifs is 2. The minimum Gasteiger partial charge on any atom is -0.128 e. The molecule has 3 heteroatoms. The van der Waals surface area contributed by atoms with E-state index in [9.17, 15) is 0 Å². The summed E-state index contributed by atoms with van der Waals surface area (Å²) in [4.78, 5) is 0. The highest BCUT2D eigenvalue weighted by molar-refractivity contribution is 6.34. The van der Waals surface area contributed by atoms with Crippen LogP contribution in [0.2, 0.25) is 0 Å². The highest BCUT2D eigenvalue weighted by atomic mass is 35.5. The predicted octanol–water partition coefficient (Wildman–Crippen LogP) is 2.78. The molecule has 0 aromatic heterocycles. The standard InChI is InChI=1S/C7H11Cl2N/c8-10(9)7-4-5-1-2-6(7)3-5/h5-7H,1-4H2/t5-,6+,7-/m0/s1. The van der Waals surface area contributed by atoms with Crippen LogP contribution in [0.5, 0.6) is 0 Å². The van der Waals surface area contributed by atoms with Crippen molar-refractivity contribution >= 4 is 23.6 Å². The van der Waals surface area contributed by atoms with Crippen LogP contribution >= 0.6 is 23.6 Å². The van der Waals surface area contributed by atoms with Crippen molar-refractivity contribution in [3.8, 4) is 0 Å². The molecule has 10 heavy (non-hydrogen) atoms. The molecule has 0 spiro atoms. The molecule has 3 atom stereocenters. The normalized spacial score (nSPS) is 45.3. The Morgan fingerprint density at radius 1 is 1.10 bits per heavy atom. The lowest BCUT2D eigenvalue weighted by atomic mass is 9.96. The Morgan fingerprint density at radius 3 is 2.20 bits per heavy atom. The molecular weight excluding hydrogens is 169 g/mol. The van der Waals surface area contributed by atoms with E-state index in [2.05, 4.69) is 0 Å². The smallest absolute Gasteiger partial charge is 0.0447 e. The molecule has 2 fully saturated rings. The van der Waals surface area contributed by atoms with E-state index in [0.29, 0.717) is 6.04 Å². The maximum atomic E-state index is 5.68. The zero-order valence-corrected chi connectivity index (χ0v) is 7.28. The molecule has 2 bridgehead atoms. The van der Waals surface area contributed by atoms with Crippen molar-refractivity contribution in [3.63, 3.8) is 0 Å². The van der Waals surface area contributed by atoms with E-state index in [0.717, 1.165) is 11.8 Å². The van der Waals surface area contributed by atoms with Crippen LogP contribution in [0.15, 0.2) is 0 Å². The first kappa shape index (κ1) is 7.20. The number of nitrogens with zero attached hydrogens (tertiary/aromatic N) is 1. The number of halogens is 2. The molecule has 0 amide bonds. The molecule has 0 unspecified atom stereocenters. The summed E-state index contributed by atoms with van der Waals surface area (Å²) in [5.41, 5.74) is 0. The Labute approximate surface area is 71.5 Å². The van der Waals surface area contributed by atoms with E-state index in [1.807, 2.05) is 0 Å². The molecule has 0 aromatic rings. The van der Waals surface area contributed by atoms with Crippen LogP contribution < -0.4 is 0 Å². The van der Waals surface area contributed by atoms with Crippen molar-refractivity contribution < 1.29 is 0 Å². The second-order valence-electron chi connectivity index (χ2n) is 3.50. The van der Waals surface area contributed by atoms with Gasteiger partial charge in [0.2, 0.25) is 0 Å². The highest BCUT2D eigenvalue weighted by Crippen LogP contribution is 2.47. The van der Waals surface area contributed by atoms with Crippen LogP contribution in [0.4, 0.5) is 0 Å². The number of rotatable bonds is 1. The lowest BCUT2D eigenvalue weighted by Gasteiger charge is -2.23. The monoisotopic (exact) mass is 179 g/mol. The first-order valence-corrected chi connectivity index (χ1v) is 4.56. The Morgan fingerprint density at radius 2 is 1.90 bits per heavy atom. The summed E-state index contributed by atoms with van der Waals surface area (Å²) in [6, 6.07) is 0.460. The molecule has 2 aliphatic carbocycles. The van der Waals surface area contributed by atoms with Gasteiger partial charge in [-0.05, 0) is 54.7 Å². The molecule has 0 heterocycles. The molecule has 0 saturated heterocycles. The van der Waals surface area contributed by atoms with E-state index < -0.39 is 0 Å². The van der Waals surface area contributed by atoms with Gasteiger partial charge in [-0.15, -0.1) is 3.94 Å². The van der Waals surface area contributed by atoms with Crippen LogP contribution in [0, 0.1) is 11.8 Å². The average molecular weight is 180 g/mol. The first-order chi connectivity index (χ1) is 4.77. The van der Waals surface area contributed by atoms with Gasteiger partial charge in [0.05, 0.1) is 0 Å². The summed E-state index contributed by atoms with van der Waals surface area (Å²) in [6.07, 6.45) is 5.33. The van der Waals surface area contributed by atoms with Crippen molar-refractivity contribution in [1.29, 1.82) is 0 Å². The van der Waals surface area contributed by atoms with Crippen LogP contribution in [0.3, 0.4) is 0 Å². The lowest BCUT2D eigenvalue weighted by molar-refractivity contribution is 0.328. The summed E-state index contributed by atoms with van der Waals surface area (Å²) in [7, 11) is 0. The minimum atomic E-state index is 0.460. The average Bonchev–Trinajstić information content (AvgIpc) is 2.44. The fourth-order valence-corrected chi connectivity index (χ4v) is 2.93. The van der Waals surface area contributed by atoms with Gasteiger partial charge in [-0.1, -0.05) is 6.42 Å². The fourth-order valence-electron chi connectivity index (χ4n) is 2.45. The topological polar surface area (TPSA) is 3.24 Å². The third-order valence-electron chi connectivity index (χ3n) is 2.95. The van der Waals surface area contributed by atoms with Gasteiger partial charge in [-0.3, -0.25) is 0 Å². The highest BCUT2D eigenvalue weighted by Gasteiger charge is 2.41. The SMILES string of the molecule is ClN(Cl)[C@H]1C[C@H]2CC[C@@H]1C2. The lowest BCUT2D eigenvalue weighted by Crippen LogP contribution is -2.25. The maximum absolute atomic E-state index is 5.68. The molecule has 58 valence electrons. The zero-order valence-electron chi connectivity index (χ0n) is 5.76. The molecule has 2 saturated carbocycles. The van der Waals surface area contributed by atoms with Gasteiger partial charge < -0.3 is 0 Å².